The minimum atomic E-state index is 0.611. The highest BCUT2D eigenvalue weighted by Gasteiger charge is 2.21. The molecule has 1 fully saturated rings. The third kappa shape index (κ3) is 2.86. The van der Waals surface area contributed by atoms with Gasteiger partial charge in [-0.2, -0.15) is 5.10 Å². The van der Waals surface area contributed by atoms with E-state index >= 15 is 0 Å². The second-order valence-corrected chi connectivity index (χ2v) is 5.19. The molecule has 2 heterocycles. The van der Waals surface area contributed by atoms with Gasteiger partial charge in [-0.05, 0) is 31.2 Å². The van der Waals surface area contributed by atoms with Gasteiger partial charge in [-0.15, -0.1) is 0 Å². The lowest BCUT2D eigenvalue weighted by atomic mass is 9.93. The normalized spacial score (nSPS) is 17.9. The predicted octanol–water partition coefficient (Wildman–Crippen LogP) is 2.64. The SMILES string of the molecule is Cn1cc(CCCBr)c(C2CCOCC2)n1. The molecule has 0 N–H and O–H groups in total. The van der Waals surface area contributed by atoms with E-state index in [-0.39, 0.29) is 0 Å². The third-order valence-corrected chi connectivity index (χ3v) is 3.69. The average molecular weight is 287 g/mol. The number of hydrogen-bond donors (Lipinski definition) is 0. The van der Waals surface area contributed by atoms with Crippen LogP contribution in [0.4, 0.5) is 0 Å². The molecule has 16 heavy (non-hydrogen) atoms. The van der Waals surface area contributed by atoms with E-state index in [1.54, 1.807) is 0 Å². The fourth-order valence-corrected chi connectivity index (χ4v) is 2.60. The molecule has 3 nitrogen and oxygen atoms in total. The van der Waals surface area contributed by atoms with Gasteiger partial charge in [-0.3, -0.25) is 4.68 Å². The molecule has 4 heteroatoms. The minimum Gasteiger partial charge on any atom is -0.381 e. The molecule has 2 rings (SSSR count). The lowest BCUT2D eigenvalue weighted by Crippen LogP contribution is -2.15. The topological polar surface area (TPSA) is 27.1 Å². The summed E-state index contributed by atoms with van der Waals surface area (Å²) in [7, 11) is 2.01. The molecule has 1 saturated heterocycles. The van der Waals surface area contributed by atoms with Gasteiger partial charge >= 0.3 is 0 Å². The Hall–Kier alpha value is -0.350. The van der Waals surface area contributed by atoms with E-state index in [0.29, 0.717) is 5.92 Å². The standard InChI is InChI=1S/C12H19BrN2O/c1-15-9-11(3-2-6-13)12(14-15)10-4-7-16-8-5-10/h9-10H,2-8H2,1H3. The molecule has 1 aliphatic heterocycles. The van der Waals surface area contributed by atoms with Crippen molar-refractivity contribution < 1.29 is 4.74 Å². The van der Waals surface area contributed by atoms with Gasteiger partial charge in [0.15, 0.2) is 0 Å². The molecule has 0 atom stereocenters. The molecular weight excluding hydrogens is 268 g/mol. The predicted molar refractivity (Wildman–Crippen MR) is 68.1 cm³/mol. The Morgan fingerprint density at radius 1 is 1.50 bits per heavy atom. The Morgan fingerprint density at radius 3 is 2.94 bits per heavy atom. The Morgan fingerprint density at radius 2 is 2.25 bits per heavy atom. The molecule has 0 bridgehead atoms. The van der Waals surface area contributed by atoms with Crippen LogP contribution in [0.5, 0.6) is 0 Å². The van der Waals surface area contributed by atoms with Gasteiger partial charge in [0.05, 0.1) is 5.69 Å². The molecule has 0 unspecified atom stereocenters. The first-order valence-corrected chi connectivity index (χ1v) is 7.09. The van der Waals surface area contributed by atoms with Gasteiger partial charge in [0.25, 0.3) is 0 Å². The number of halogens is 1. The summed E-state index contributed by atoms with van der Waals surface area (Å²) < 4.78 is 7.36. The highest BCUT2D eigenvalue weighted by Crippen LogP contribution is 2.28. The van der Waals surface area contributed by atoms with Gasteiger partial charge in [-0.1, -0.05) is 15.9 Å². The van der Waals surface area contributed by atoms with Gasteiger partial charge in [-0.25, -0.2) is 0 Å². The highest BCUT2D eigenvalue weighted by molar-refractivity contribution is 9.09. The van der Waals surface area contributed by atoms with Crippen LogP contribution in [0.1, 0.15) is 36.4 Å². The van der Waals surface area contributed by atoms with Gasteiger partial charge in [0.1, 0.15) is 0 Å². The van der Waals surface area contributed by atoms with Crippen molar-refractivity contribution in [2.24, 2.45) is 7.05 Å². The van der Waals surface area contributed by atoms with Crippen molar-refractivity contribution in [3.63, 3.8) is 0 Å². The summed E-state index contributed by atoms with van der Waals surface area (Å²) in [4.78, 5) is 0. The Kier molecular flexibility index (Phi) is 4.41. The molecule has 1 aromatic rings. The summed E-state index contributed by atoms with van der Waals surface area (Å²) >= 11 is 3.49. The van der Waals surface area contributed by atoms with Crippen LogP contribution < -0.4 is 0 Å². The number of aromatic nitrogens is 2. The highest BCUT2D eigenvalue weighted by atomic mass is 79.9. The molecule has 0 amide bonds. The van der Waals surface area contributed by atoms with Crippen molar-refractivity contribution in [2.45, 2.75) is 31.6 Å². The van der Waals surface area contributed by atoms with Crippen LogP contribution in [0, 0.1) is 0 Å². The van der Waals surface area contributed by atoms with Crippen molar-refractivity contribution in [2.75, 3.05) is 18.5 Å². The maximum absolute atomic E-state index is 5.41. The molecule has 1 aliphatic rings. The molecular formula is C12H19BrN2O. The summed E-state index contributed by atoms with van der Waals surface area (Å²) in [6.45, 7) is 1.78. The number of nitrogens with zero attached hydrogens (tertiary/aromatic N) is 2. The molecule has 1 aromatic heterocycles. The largest absolute Gasteiger partial charge is 0.381 e. The maximum atomic E-state index is 5.41. The summed E-state index contributed by atoms with van der Waals surface area (Å²) in [6, 6.07) is 0. The van der Waals surface area contributed by atoms with Crippen LogP contribution in [0.15, 0.2) is 6.20 Å². The summed E-state index contributed by atoms with van der Waals surface area (Å²) in [6.07, 6.45) is 6.73. The zero-order chi connectivity index (χ0) is 11.4. The van der Waals surface area contributed by atoms with Crippen LogP contribution in [0.2, 0.25) is 0 Å². The zero-order valence-electron chi connectivity index (χ0n) is 9.79. The number of hydrogen-bond acceptors (Lipinski definition) is 2. The third-order valence-electron chi connectivity index (χ3n) is 3.12. The van der Waals surface area contributed by atoms with Crippen LogP contribution in [-0.4, -0.2) is 28.3 Å². The quantitative estimate of drug-likeness (QED) is 0.796. The van der Waals surface area contributed by atoms with E-state index < -0.39 is 0 Å². The molecule has 0 aliphatic carbocycles. The number of aryl methyl sites for hydroxylation is 2. The van der Waals surface area contributed by atoms with Gasteiger partial charge in [0, 0.05) is 37.7 Å². The van der Waals surface area contributed by atoms with E-state index in [1.165, 1.54) is 17.7 Å². The second-order valence-electron chi connectivity index (χ2n) is 4.39. The molecule has 0 spiro atoms. The summed E-state index contributed by atoms with van der Waals surface area (Å²) in [5.41, 5.74) is 2.74. The molecule has 0 radical (unpaired) electrons. The first kappa shape index (κ1) is 12.1. The molecule has 0 saturated carbocycles. The number of ether oxygens (including phenoxy) is 1. The van der Waals surface area contributed by atoms with E-state index in [4.69, 9.17) is 4.74 Å². The summed E-state index contributed by atoms with van der Waals surface area (Å²) in [5, 5.41) is 5.70. The average Bonchev–Trinajstić information content (AvgIpc) is 2.69. The zero-order valence-corrected chi connectivity index (χ0v) is 11.4. The monoisotopic (exact) mass is 286 g/mol. The second kappa shape index (κ2) is 5.82. The first-order chi connectivity index (χ1) is 7.81. The number of alkyl halides is 1. The van der Waals surface area contributed by atoms with Gasteiger partial charge < -0.3 is 4.74 Å². The van der Waals surface area contributed by atoms with Crippen molar-refractivity contribution >= 4 is 15.9 Å². The van der Waals surface area contributed by atoms with Crippen LogP contribution in [-0.2, 0) is 18.2 Å². The van der Waals surface area contributed by atoms with E-state index in [2.05, 4.69) is 27.2 Å². The van der Waals surface area contributed by atoms with Crippen molar-refractivity contribution in [3.8, 4) is 0 Å². The van der Waals surface area contributed by atoms with Crippen LogP contribution in [0.25, 0.3) is 0 Å². The Labute approximate surface area is 105 Å². The van der Waals surface area contributed by atoms with E-state index in [9.17, 15) is 0 Å². The molecule has 0 aromatic carbocycles. The Balaban J connectivity index is 2.10. The van der Waals surface area contributed by atoms with Gasteiger partial charge in [0.2, 0.25) is 0 Å². The van der Waals surface area contributed by atoms with E-state index in [0.717, 1.165) is 37.8 Å². The lowest BCUT2D eigenvalue weighted by Gasteiger charge is -2.21. The first-order valence-electron chi connectivity index (χ1n) is 5.97. The maximum Gasteiger partial charge on any atom is 0.0689 e. The van der Waals surface area contributed by atoms with Crippen molar-refractivity contribution in [1.82, 2.24) is 9.78 Å². The molecule has 90 valence electrons. The van der Waals surface area contributed by atoms with Crippen molar-refractivity contribution in [3.05, 3.63) is 17.5 Å². The minimum absolute atomic E-state index is 0.611. The number of rotatable bonds is 4. The van der Waals surface area contributed by atoms with Crippen LogP contribution in [0.3, 0.4) is 0 Å². The van der Waals surface area contributed by atoms with E-state index in [1.807, 2.05) is 11.7 Å². The van der Waals surface area contributed by atoms with Crippen LogP contribution >= 0.6 is 15.9 Å². The fraction of sp³-hybridized carbons (Fsp3) is 0.750. The fourth-order valence-electron chi connectivity index (χ4n) is 2.32. The lowest BCUT2D eigenvalue weighted by molar-refractivity contribution is 0.0842. The smallest absolute Gasteiger partial charge is 0.0689 e. The summed E-state index contributed by atoms with van der Waals surface area (Å²) in [5.74, 6) is 0.611. The Bertz CT molecular complexity index is 332. The van der Waals surface area contributed by atoms with Crippen molar-refractivity contribution in [1.29, 1.82) is 0 Å².